The number of carbonyl (C=O) groups excluding carboxylic acids is 3. The molecule has 1 saturated heterocycles. The van der Waals surface area contributed by atoms with Gasteiger partial charge in [0.05, 0.1) is 11.8 Å². The van der Waals surface area contributed by atoms with E-state index in [0.717, 1.165) is 5.56 Å². The second kappa shape index (κ2) is 8.16. The zero-order valence-corrected chi connectivity index (χ0v) is 15.3. The molecule has 0 spiro atoms. The topological polar surface area (TPSA) is 102 Å². The van der Waals surface area contributed by atoms with Gasteiger partial charge in [-0.2, -0.15) is 0 Å². The number of hydrogen-bond donors (Lipinski definition) is 1. The van der Waals surface area contributed by atoms with Crippen LogP contribution in [0.15, 0.2) is 41.6 Å². The molecule has 7 nitrogen and oxygen atoms in total. The van der Waals surface area contributed by atoms with Crippen LogP contribution in [0.2, 0.25) is 0 Å². The highest BCUT2D eigenvalue weighted by Gasteiger charge is 2.46. The van der Waals surface area contributed by atoms with Crippen LogP contribution in [0.5, 0.6) is 0 Å². The Bertz CT molecular complexity index is 789. The normalized spacial score (nSPS) is 22.1. The van der Waals surface area contributed by atoms with Crippen molar-refractivity contribution in [2.24, 2.45) is 22.7 Å². The summed E-state index contributed by atoms with van der Waals surface area (Å²) in [4.78, 5) is 42.6. The number of benzene rings is 1. The summed E-state index contributed by atoms with van der Waals surface area (Å²) < 4.78 is 0. The van der Waals surface area contributed by atoms with Crippen LogP contribution in [0.25, 0.3) is 0 Å². The van der Waals surface area contributed by atoms with Crippen molar-refractivity contribution in [3.8, 4) is 0 Å². The molecule has 0 bridgehead atoms. The Morgan fingerprint density at radius 1 is 1.22 bits per heavy atom. The Hall–Kier alpha value is -2.96. The van der Waals surface area contributed by atoms with E-state index in [-0.39, 0.29) is 42.5 Å². The SMILES string of the molecule is Cc1cccc(/C(N)=N/OC(=O)CCCN2C(=O)[C@H]3CC=CC[C@@H]3C2=O)c1. The minimum Gasteiger partial charge on any atom is -0.380 e. The molecule has 1 aliphatic carbocycles. The summed E-state index contributed by atoms with van der Waals surface area (Å²) in [5, 5.41) is 3.66. The van der Waals surface area contributed by atoms with E-state index in [1.165, 1.54) is 4.90 Å². The van der Waals surface area contributed by atoms with Crippen LogP contribution in [0.3, 0.4) is 0 Å². The third-order valence-electron chi connectivity index (χ3n) is 4.92. The summed E-state index contributed by atoms with van der Waals surface area (Å²) in [6.07, 6.45) is 5.51. The van der Waals surface area contributed by atoms with Gasteiger partial charge in [-0.1, -0.05) is 41.1 Å². The van der Waals surface area contributed by atoms with E-state index >= 15 is 0 Å². The quantitative estimate of drug-likeness (QED) is 0.206. The highest BCUT2D eigenvalue weighted by Crippen LogP contribution is 2.35. The van der Waals surface area contributed by atoms with E-state index in [2.05, 4.69) is 5.16 Å². The number of allylic oxidation sites excluding steroid dienone is 2. The maximum atomic E-state index is 12.3. The number of likely N-dealkylation sites (tertiary alicyclic amines) is 1. The van der Waals surface area contributed by atoms with Gasteiger partial charge in [0.15, 0.2) is 5.84 Å². The molecule has 2 atom stereocenters. The van der Waals surface area contributed by atoms with E-state index in [1.54, 1.807) is 6.07 Å². The second-order valence-corrected chi connectivity index (χ2v) is 6.90. The zero-order chi connectivity index (χ0) is 19.4. The minimum absolute atomic E-state index is 0.0508. The van der Waals surface area contributed by atoms with Crippen molar-refractivity contribution in [2.45, 2.75) is 32.6 Å². The fourth-order valence-electron chi connectivity index (χ4n) is 3.47. The number of carbonyl (C=O) groups is 3. The first-order chi connectivity index (χ1) is 13.0. The molecule has 2 amide bonds. The van der Waals surface area contributed by atoms with Gasteiger partial charge in [0.2, 0.25) is 11.8 Å². The third-order valence-corrected chi connectivity index (χ3v) is 4.92. The van der Waals surface area contributed by atoms with Gasteiger partial charge in [-0.05, 0) is 32.3 Å². The number of rotatable bonds is 6. The summed E-state index contributed by atoms with van der Waals surface area (Å²) in [5.41, 5.74) is 7.51. The minimum atomic E-state index is -0.552. The molecular formula is C20H23N3O4. The molecule has 0 radical (unpaired) electrons. The van der Waals surface area contributed by atoms with Crippen LogP contribution < -0.4 is 5.73 Å². The van der Waals surface area contributed by atoms with Crippen molar-refractivity contribution in [2.75, 3.05) is 6.54 Å². The number of hydrogen-bond acceptors (Lipinski definition) is 5. The predicted octanol–water partition coefficient (Wildman–Crippen LogP) is 1.89. The Balaban J connectivity index is 1.46. The lowest BCUT2D eigenvalue weighted by Crippen LogP contribution is -2.32. The third kappa shape index (κ3) is 4.24. The van der Waals surface area contributed by atoms with Crippen LogP contribution in [-0.2, 0) is 19.2 Å². The zero-order valence-electron chi connectivity index (χ0n) is 15.3. The van der Waals surface area contributed by atoms with Gasteiger partial charge in [0, 0.05) is 18.5 Å². The maximum absolute atomic E-state index is 12.3. The van der Waals surface area contributed by atoms with Crippen molar-refractivity contribution >= 4 is 23.6 Å². The average molecular weight is 369 g/mol. The Morgan fingerprint density at radius 3 is 2.52 bits per heavy atom. The maximum Gasteiger partial charge on any atom is 0.335 e. The average Bonchev–Trinajstić information content (AvgIpc) is 2.91. The van der Waals surface area contributed by atoms with Crippen molar-refractivity contribution in [3.63, 3.8) is 0 Å². The number of nitrogens with two attached hydrogens (primary N) is 1. The van der Waals surface area contributed by atoms with Crippen molar-refractivity contribution < 1.29 is 19.2 Å². The molecule has 1 heterocycles. The molecule has 2 N–H and O–H groups in total. The standard InChI is InChI=1S/C20H23N3O4/c1-13-6-4-7-14(12-13)18(21)22-27-17(24)10-5-11-23-19(25)15-8-2-3-9-16(15)20(23)26/h2-4,6-7,12,15-16H,5,8-11H2,1H3,(H2,21,22)/t15-,16-/m0/s1. The molecule has 1 fully saturated rings. The highest BCUT2D eigenvalue weighted by atomic mass is 16.7. The van der Waals surface area contributed by atoms with Gasteiger partial charge in [-0.3, -0.25) is 14.5 Å². The van der Waals surface area contributed by atoms with Gasteiger partial charge in [-0.25, -0.2) is 4.79 Å². The van der Waals surface area contributed by atoms with Crippen molar-refractivity contribution in [1.29, 1.82) is 0 Å². The molecule has 1 aromatic carbocycles. The lowest BCUT2D eigenvalue weighted by molar-refractivity contribution is -0.145. The second-order valence-electron chi connectivity index (χ2n) is 6.90. The first-order valence-electron chi connectivity index (χ1n) is 9.08. The molecule has 0 saturated carbocycles. The van der Waals surface area contributed by atoms with E-state index in [0.29, 0.717) is 24.8 Å². The molecule has 2 aliphatic rings. The Labute approximate surface area is 157 Å². The van der Waals surface area contributed by atoms with Gasteiger partial charge in [0.1, 0.15) is 0 Å². The molecule has 1 aliphatic heterocycles. The number of oxime groups is 1. The monoisotopic (exact) mass is 369 g/mol. The van der Waals surface area contributed by atoms with Crippen LogP contribution in [0, 0.1) is 18.8 Å². The molecular weight excluding hydrogens is 346 g/mol. The van der Waals surface area contributed by atoms with Crippen molar-refractivity contribution in [3.05, 3.63) is 47.5 Å². The van der Waals surface area contributed by atoms with E-state index in [9.17, 15) is 14.4 Å². The molecule has 142 valence electrons. The molecule has 7 heteroatoms. The van der Waals surface area contributed by atoms with Gasteiger partial charge in [-0.15, -0.1) is 0 Å². The summed E-state index contributed by atoms with van der Waals surface area (Å²) >= 11 is 0. The molecule has 27 heavy (non-hydrogen) atoms. The Kier molecular flexibility index (Phi) is 5.69. The highest BCUT2D eigenvalue weighted by molar-refractivity contribution is 6.05. The summed E-state index contributed by atoms with van der Waals surface area (Å²) in [6.45, 7) is 2.15. The molecule has 0 unspecified atom stereocenters. The largest absolute Gasteiger partial charge is 0.380 e. The van der Waals surface area contributed by atoms with E-state index in [4.69, 9.17) is 10.6 Å². The lowest BCUT2D eigenvalue weighted by Gasteiger charge is -2.14. The van der Waals surface area contributed by atoms with Crippen LogP contribution in [0.4, 0.5) is 0 Å². The number of amidine groups is 1. The first kappa shape index (κ1) is 18.8. The van der Waals surface area contributed by atoms with Gasteiger partial charge in [0.25, 0.3) is 0 Å². The number of nitrogens with zero attached hydrogens (tertiary/aromatic N) is 2. The lowest BCUT2D eigenvalue weighted by atomic mass is 9.85. The van der Waals surface area contributed by atoms with Gasteiger partial charge < -0.3 is 10.6 Å². The Morgan fingerprint density at radius 2 is 1.89 bits per heavy atom. The van der Waals surface area contributed by atoms with E-state index < -0.39 is 5.97 Å². The number of amides is 2. The van der Waals surface area contributed by atoms with E-state index in [1.807, 2.05) is 37.3 Å². The summed E-state index contributed by atoms with van der Waals surface area (Å²) in [5.74, 6) is -1.19. The van der Waals surface area contributed by atoms with Crippen LogP contribution >= 0.6 is 0 Å². The number of fused-ring (bicyclic) bond motifs is 1. The first-order valence-corrected chi connectivity index (χ1v) is 9.08. The van der Waals surface area contributed by atoms with Crippen molar-refractivity contribution in [1.82, 2.24) is 4.90 Å². The fourth-order valence-corrected chi connectivity index (χ4v) is 3.47. The van der Waals surface area contributed by atoms with Crippen LogP contribution in [-0.4, -0.2) is 35.1 Å². The smallest absolute Gasteiger partial charge is 0.335 e. The molecule has 1 aromatic rings. The number of imide groups is 1. The summed E-state index contributed by atoms with van der Waals surface area (Å²) in [6, 6.07) is 7.38. The van der Waals surface area contributed by atoms with Gasteiger partial charge >= 0.3 is 5.97 Å². The fraction of sp³-hybridized carbons (Fsp3) is 0.400. The number of aryl methyl sites for hydroxylation is 1. The predicted molar refractivity (Wildman–Crippen MR) is 99.3 cm³/mol. The van der Waals surface area contributed by atoms with Crippen LogP contribution in [0.1, 0.15) is 36.8 Å². The summed E-state index contributed by atoms with van der Waals surface area (Å²) in [7, 11) is 0. The molecule has 0 aromatic heterocycles. The molecule has 3 rings (SSSR count).